The SMILES string of the molecule is CCSC1CCCC(NS(=O)(=O)Cc2ccc(Cl)nc2)C1. The summed E-state index contributed by atoms with van der Waals surface area (Å²) in [7, 11) is -3.33. The van der Waals surface area contributed by atoms with Crippen LogP contribution in [0.15, 0.2) is 18.3 Å². The molecule has 2 rings (SSSR count). The van der Waals surface area contributed by atoms with Gasteiger partial charge in [-0.25, -0.2) is 18.1 Å². The maximum Gasteiger partial charge on any atom is 0.216 e. The molecule has 2 unspecified atom stereocenters. The molecule has 1 aromatic heterocycles. The monoisotopic (exact) mass is 348 g/mol. The van der Waals surface area contributed by atoms with Crippen LogP contribution in [0.3, 0.4) is 0 Å². The molecule has 1 N–H and O–H groups in total. The summed E-state index contributed by atoms with van der Waals surface area (Å²) in [6, 6.07) is 3.37. The average Bonchev–Trinajstić information content (AvgIpc) is 2.41. The summed E-state index contributed by atoms with van der Waals surface area (Å²) in [5.74, 6) is 1.04. The van der Waals surface area contributed by atoms with Gasteiger partial charge in [0.1, 0.15) is 5.15 Å². The molecule has 21 heavy (non-hydrogen) atoms. The van der Waals surface area contributed by atoms with Crippen LogP contribution >= 0.6 is 23.4 Å². The first kappa shape index (κ1) is 17.1. The quantitative estimate of drug-likeness (QED) is 0.802. The van der Waals surface area contributed by atoms with Gasteiger partial charge in [-0.2, -0.15) is 11.8 Å². The molecule has 0 spiro atoms. The molecule has 1 saturated carbocycles. The number of nitrogens with one attached hydrogen (secondary N) is 1. The Morgan fingerprint density at radius 1 is 1.43 bits per heavy atom. The predicted molar refractivity (Wildman–Crippen MR) is 89.2 cm³/mol. The number of hydrogen-bond donors (Lipinski definition) is 1. The highest BCUT2D eigenvalue weighted by Crippen LogP contribution is 2.28. The van der Waals surface area contributed by atoms with Crippen LogP contribution in [0.2, 0.25) is 5.15 Å². The summed E-state index contributed by atoms with van der Waals surface area (Å²) >= 11 is 7.63. The molecule has 0 aromatic carbocycles. The lowest BCUT2D eigenvalue weighted by Crippen LogP contribution is -2.39. The third-order valence-corrected chi connectivity index (χ3v) is 6.38. The number of pyridine rings is 1. The number of thioether (sulfide) groups is 1. The van der Waals surface area contributed by atoms with E-state index in [2.05, 4.69) is 16.6 Å². The van der Waals surface area contributed by atoms with Crippen LogP contribution in [0.4, 0.5) is 0 Å². The number of aromatic nitrogens is 1. The minimum absolute atomic E-state index is 0.0424. The standard InChI is InChI=1S/C14H21ClN2O2S2/c1-2-20-13-5-3-4-12(8-13)17-21(18,19)10-11-6-7-14(15)16-9-11/h6-7,9,12-13,17H,2-5,8,10H2,1H3. The van der Waals surface area contributed by atoms with E-state index in [1.807, 2.05) is 11.8 Å². The molecule has 7 heteroatoms. The van der Waals surface area contributed by atoms with Gasteiger partial charge in [0.15, 0.2) is 0 Å². The first-order valence-electron chi connectivity index (χ1n) is 7.20. The van der Waals surface area contributed by atoms with Crippen molar-refractivity contribution >= 4 is 33.4 Å². The van der Waals surface area contributed by atoms with Crippen LogP contribution in [0.25, 0.3) is 0 Å². The number of hydrogen-bond acceptors (Lipinski definition) is 4. The van der Waals surface area contributed by atoms with Crippen molar-refractivity contribution in [2.75, 3.05) is 5.75 Å². The fraction of sp³-hybridized carbons (Fsp3) is 0.643. The normalized spacial score (nSPS) is 23.1. The van der Waals surface area contributed by atoms with Gasteiger partial charge in [0.2, 0.25) is 10.0 Å². The van der Waals surface area contributed by atoms with Crippen molar-refractivity contribution < 1.29 is 8.42 Å². The first-order valence-corrected chi connectivity index (χ1v) is 10.3. The fourth-order valence-electron chi connectivity index (χ4n) is 2.65. The number of sulfonamides is 1. The van der Waals surface area contributed by atoms with Crippen LogP contribution in [0, 0.1) is 0 Å². The Morgan fingerprint density at radius 3 is 2.90 bits per heavy atom. The summed E-state index contributed by atoms with van der Waals surface area (Å²) in [6.07, 6.45) is 5.65. The van der Waals surface area contributed by atoms with E-state index in [1.54, 1.807) is 12.1 Å². The van der Waals surface area contributed by atoms with Crippen LogP contribution in [-0.4, -0.2) is 30.4 Å². The molecule has 0 amide bonds. The lowest BCUT2D eigenvalue weighted by molar-refractivity contribution is 0.420. The van der Waals surface area contributed by atoms with Crippen molar-refractivity contribution in [1.29, 1.82) is 0 Å². The zero-order valence-electron chi connectivity index (χ0n) is 12.1. The van der Waals surface area contributed by atoms with Crippen molar-refractivity contribution in [3.05, 3.63) is 29.0 Å². The Kier molecular flexibility index (Phi) is 6.34. The molecule has 2 atom stereocenters. The molecule has 1 aliphatic rings. The van der Waals surface area contributed by atoms with Gasteiger partial charge < -0.3 is 0 Å². The molecule has 0 radical (unpaired) electrons. The molecule has 0 saturated heterocycles. The van der Waals surface area contributed by atoms with Crippen LogP contribution in [0.5, 0.6) is 0 Å². The number of rotatable bonds is 6. The summed E-state index contributed by atoms with van der Waals surface area (Å²) in [5.41, 5.74) is 0.655. The second kappa shape index (κ2) is 7.81. The highest BCUT2D eigenvalue weighted by Gasteiger charge is 2.25. The van der Waals surface area contributed by atoms with Crippen LogP contribution < -0.4 is 4.72 Å². The van der Waals surface area contributed by atoms with Gasteiger partial charge >= 0.3 is 0 Å². The number of halogens is 1. The Hall–Kier alpha value is -0.300. The maximum absolute atomic E-state index is 12.2. The summed E-state index contributed by atoms with van der Waals surface area (Å²) < 4.78 is 27.3. The van der Waals surface area contributed by atoms with E-state index in [-0.39, 0.29) is 11.8 Å². The third-order valence-electron chi connectivity index (χ3n) is 3.52. The Morgan fingerprint density at radius 2 is 2.24 bits per heavy atom. The van der Waals surface area contributed by atoms with E-state index in [4.69, 9.17) is 11.6 Å². The zero-order chi connectivity index (χ0) is 15.3. The van der Waals surface area contributed by atoms with Gasteiger partial charge in [0.25, 0.3) is 0 Å². The summed E-state index contributed by atoms with van der Waals surface area (Å²) in [6.45, 7) is 2.14. The van der Waals surface area contributed by atoms with E-state index < -0.39 is 10.0 Å². The van der Waals surface area contributed by atoms with E-state index in [9.17, 15) is 8.42 Å². The van der Waals surface area contributed by atoms with Gasteiger partial charge in [-0.05, 0) is 36.6 Å². The second-order valence-corrected chi connectivity index (χ2v) is 9.03. The molecule has 4 nitrogen and oxygen atoms in total. The van der Waals surface area contributed by atoms with E-state index in [0.717, 1.165) is 25.0 Å². The minimum Gasteiger partial charge on any atom is -0.244 e. The van der Waals surface area contributed by atoms with Gasteiger partial charge in [-0.1, -0.05) is 31.0 Å². The van der Waals surface area contributed by atoms with E-state index in [1.165, 1.54) is 12.6 Å². The highest BCUT2D eigenvalue weighted by molar-refractivity contribution is 7.99. The first-order chi connectivity index (χ1) is 9.98. The van der Waals surface area contributed by atoms with Gasteiger partial charge in [-0.15, -0.1) is 0 Å². The molecule has 118 valence electrons. The van der Waals surface area contributed by atoms with E-state index >= 15 is 0 Å². The number of nitrogens with zero attached hydrogens (tertiary/aromatic N) is 1. The topological polar surface area (TPSA) is 59.1 Å². The molecule has 0 bridgehead atoms. The smallest absolute Gasteiger partial charge is 0.216 e. The molecule has 1 fully saturated rings. The maximum atomic E-state index is 12.2. The van der Waals surface area contributed by atoms with Crippen molar-refractivity contribution in [2.24, 2.45) is 0 Å². The van der Waals surface area contributed by atoms with Crippen LogP contribution in [-0.2, 0) is 15.8 Å². The molecular formula is C14H21ClN2O2S2. The third kappa shape index (κ3) is 5.77. The van der Waals surface area contributed by atoms with Gasteiger partial charge in [-0.3, -0.25) is 0 Å². The van der Waals surface area contributed by atoms with Crippen LogP contribution in [0.1, 0.15) is 38.2 Å². The zero-order valence-corrected chi connectivity index (χ0v) is 14.5. The molecule has 1 aliphatic carbocycles. The molecular weight excluding hydrogens is 328 g/mol. The van der Waals surface area contributed by atoms with Crippen molar-refractivity contribution in [3.8, 4) is 0 Å². The van der Waals surface area contributed by atoms with Crippen molar-refractivity contribution in [3.63, 3.8) is 0 Å². The predicted octanol–water partition coefficient (Wildman–Crippen LogP) is 3.22. The largest absolute Gasteiger partial charge is 0.244 e. The lowest BCUT2D eigenvalue weighted by atomic mass is 9.96. The molecule has 1 heterocycles. The highest BCUT2D eigenvalue weighted by atomic mass is 35.5. The molecule has 1 aromatic rings. The lowest BCUT2D eigenvalue weighted by Gasteiger charge is -2.29. The Bertz CT molecular complexity index is 547. The minimum atomic E-state index is -3.33. The van der Waals surface area contributed by atoms with Crippen molar-refractivity contribution in [1.82, 2.24) is 9.71 Å². The summed E-state index contributed by atoms with van der Waals surface area (Å²) in [5, 5.41) is 0.949. The summed E-state index contributed by atoms with van der Waals surface area (Å²) in [4.78, 5) is 3.92. The van der Waals surface area contributed by atoms with Crippen molar-refractivity contribution in [2.45, 2.75) is 49.7 Å². The Labute approximate surface area is 136 Å². The fourth-order valence-corrected chi connectivity index (χ4v) is 5.35. The molecule has 0 aliphatic heterocycles. The van der Waals surface area contributed by atoms with Gasteiger partial charge in [0, 0.05) is 17.5 Å². The second-order valence-electron chi connectivity index (χ2n) is 5.31. The van der Waals surface area contributed by atoms with Gasteiger partial charge in [0.05, 0.1) is 5.75 Å². The Balaban J connectivity index is 1.92. The van der Waals surface area contributed by atoms with E-state index in [0.29, 0.717) is 16.0 Å². The average molecular weight is 349 g/mol.